The number of hydrogen-bond acceptors (Lipinski definition) is 3. The number of carbonyl (C=O) groups excluding carboxylic acids is 1. The maximum absolute atomic E-state index is 10.7. The summed E-state index contributed by atoms with van der Waals surface area (Å²) in [7, 11) is 0. The minimum atomic E-state index is -0.708. The normalized spacial score (nSPS) is 11.8. The number of nitrogens with one attached hydrogen (secondary N) is 1. The molecule has 6 nitrogen and oxygen atoms in total. The monoisotopic (exact) mass is 209 g/mol. The Kier molecular flexibility index (Phi) is 3.22. The van der Waals surface area contributed by atoms with Crippen molar-refractivity contribution in [3.05, 3.63) is 39.9 Å². The van der Waals surface area contributed by atoms with Crippen LogP contribution in [0.15, 0.2) is 24.3 Å². The van der Waals surface area contributed by atoms with Gasteiger partial charge in [0.25, 0.3) is 5.69 Å². The molecule has 0 saturated heterocycles. The zero-order valence-electron chi connectivity index (χ0n) is 8.14. The fourth-order valence-electron chi connectivity index (χ4n) is 1.31. The van der Waals surface area contributed by atoms with Crippen LogP contribution in [-0.4, -0.2) is 11.0 Å². The molecule has 1 rings (SSSR count). The van der Waals surface area contributed by atoms with Gasteiger partial charge in [-0.05, 0) is 6.92 Å². The van der Waals surface area contributed by atoms with E-state index in [9.17, 15) is 14.9 Å². The molecule has 0 aliphatic rings. The maximum Gasteiger partial charge on any atom is 0.312 e. The number of primary amides is 1. The van der Waals surface area contributed by atoms with Gasteiger partial charge in [0.15, 0.2) is 0 Å². The van der Waals surface area contributed by atoms with E-state index in [4.69, 9.17) is 5.73 Å². The molecule has 3 N–H and O–H groups in total. The van der Waals surface area contributed by atoms with Crippen LogP contribution in [0, 0.1) is 10.1 Å². The summed E-state index contributed by atoms with van der Waals surface area (Å²) < 4.78 is 0. The Morgan fingerprint density at radius 2 is 2.13 bits per heavy atom. The summed E-state index contributed by atoms with van der Waals surface area (Å²) in [5, 5.41) is 13.1. The topological polar surface area (TPSA) is 98.3 Å². The first-order chi connectivity index (χ1) is 7.02. The minimum absolute atomic E-state index is 0.0289. The van der Waals surface area contributed by atoms with E-state index in [1.54, 1.807) is 25.1 Å². The van der Waals surface area contributed by atoms with Crippen LogP contribution >= 0.6 is 0 Å². The molecule has 0 saturated carbocycles. The SMILES string of the molecule is C[C@@H](NC(N)=O)c1ccccc1[N+](=O)[O-]. The molecular formula is C9H11N3O3. The first kappa shape index (κ1) is 11.0. The van der Waals surface area contributed by atoms with Crippen LogP contribution in [0.25, 0.3) is 0 Å². The lowest BCUT2D eigenvalue weighted by Crippen LogP contribution is -2.31. The number of nitrogens with two attached hydrogens (primary N) is 1. The third-order valence-electron chi connectivity index (χ3n) is 1.96. The summed E-state index contributed by atoms with van der Waals surface area (Å²) >= 11 is 0. The molecule has 6 heteroatoms. The molecule has 2 amide bonds. The van der Waals surface area contributed by atoms with E-state index >= 15 is 0 Å². The van der Waals surface area contributed by atoms with Gasteiger partial charge in [0.05, 0.1) is 16.5 Å². The highest BCUT2D eigenvalue weighted by Crippen LogP contribution is 2.23. The zero-order valence-corrected chi connectivity index (χ0v) is 8.14. The van der Waals surface area contributed by atoms with E-state index in [1.165, 1.54) is 6.07 Å². The summed E-state index contributed by atoms with van der Waals surface area (Å²) in [5.74, 6) is 0. The van der Waals surface area contributed by atoms with Crippen molar-refractivity contribution in [2.24, 2.45) is 5.73 Å². The lowest BCUT2D eigenvalue weighted by molar-refractivity contribution is -0.385. The van der Waals surface area contributed by atoms with Crippen molar-refractivity contribution in [2.45, 2.75) is 13.0 Å². The molecule has 0 heterocycles. The van der Waals surface area contributed by atoms with E-state index in [-0.39, 0.29) is 5.69 Å². The van der Waals surface area contributed by atoms with Crippen molar-refractivity contribution in [2.75, 3.05) is 0 Å². The van der Waals surface area contributed by atoms with Crippen LogP contribution < -0.4 is 11.1 Å². The highest BCUT2D eigenvalue weighted by Gasteiger charge is 2.18. The standard InChI is InChI=1S/C9H11N3O3/c1-6(11-9(10)13)7-4-2-3-5-8(7)12(14)15/h2-6H,1H3,(H3,10,11,13)/t6-/m1/s1. The number of urea groups is 1. The fourth-order valence-corrected chi connectivity index (χ4v) is 1.31. The van der Waals surface area contributed by atoms with E-state index in [0.29, 0.717) is 5.56 Å². The summed E-state index contributed by atoms with van der Waals surface area (Å²) in [6.45, 7) is 1.63. The number of nitro benzene ring substituents is 1. The van der Waals surface area contributed by atoms with Crippen LogP contribution in [-0.2, 0) is 0 Å². The number of carbonyl (C=O) groups is 1. The maximum atomic E-state index is 10.7. The van der Waals surface area contributed by atoms with Gasteiger partial charge in [-0.25, -0.2) is 4.79 Å². The van der Waals surface area contributed by atoms with Crippen molar-refractivity contribution in [3.63, 3.8) is 0 Å². The quantitative estimate of drug-likeness (QED) is 0.580. The Balaban J connectivity index is 3.02. The van der Waals surface area contributed by atoms with Gasteiger partial charge in [-0.15, -0.1) is 0 Å². The predicted molar refractivity (Wildman–Crippen MR) is 54.2 cm³/mol. The van der Waals surface area contributed by atoms with Crippen molar-refractivity contribution in [1.82, 2.24) is 5.32 Å². The molecule has 0 radical (unpaired) electrons. The number of nitrogens with zero attached hydrogens (tertiary/aromatic N) is 1. The second-order valence-corrected chi connectivity index (χ2v) is 3.05. The molecular weight excluding hydrogens is 198 g/mol. The van der Waals surface area contributed by atoms with Gasteiger partial charge < -0.3 is 11.1 Å². The van der Waals surface area contributed by atoms with Crippen LogP contribution in [0.5, 0.6) is 0 Å². The Bertz CT molecular complexity index is 392. The Labute approximate surface area is 86.2 Å². The first-order valence-electron chi connectivity index (χ1n) is 4.31. The molecule has 80 valence electrons. The van der Waals surface area contributed by atoms with Crippen LogP contribution in [0.1, 0.15) is 18.5 Å². The summed E-state index contributed by atoms with van der Waals surface area (Å²) in [6.07, 6.45) is 0. The van der Waals surface area contributed by atoms with Gasteiger partial charge >= 0.3 is 6.03 Å². The number of para-hydroxylation sites is 1. The van der Waals surface area contributed by atoms with Gasteiger partial charge in [0.2, 0.25) is 0 Å². The van der Waals surface area contributed by atoms with Gasteiger partial charge in [-0.3, -0.25) is 10.1 Å². The largest absolute Gasteiger partial charge is 0.352 e. The lowest BCUT2D eigenvalue weighted by Gasteiger charge is -2.12. The van der Waals surface area contributed by atoms with E-state index in [2.05, 4.69) is 5.32 Å². The van der Waals surface area contributed by atoms with Crippen molar-refractivity contribution < 1.29 is 9.72 Å². The first-order valence-corrected chi connectivity index (χ1v) is 4.31. The van der Waals surface area contributed by atoms with Crippen LogP contribution in [0.2, 0.25) is 0 Å². The minimum Gasteiger partial charge on any atom is -0.352 e. The van der Waals surface area contributed by atoms with Crippen LogP contribution in [0.3, 0.4) is 0 Å². The molecule has 1 aromatic rings. The lowest BCUT2D eigenvalue weighted by atomic mass is 10.1. The molecule has 0 aliphatic heterocycles. The smallest absolute Gasteiger partial charge is 0.312 e. The highest BCUT2D eigenvalue weighted by molar-refractivity contribution is 5.72. The average Bonchev–Trinajstić information content (AvgIpc) is 2.16. The predicted octanol–water partition coefficient (Wildman–Crippen LogP) is 1.32. The van der Waals surface area contributed by atoms with Gasteiger partial charge in [0.1, 0.15) is 0 Å². The zero-order chi connectivity index (χ0) is 11.4. The van der Waals surface area contributed by atoms with E-state index in [1.807, 2.05) is 0 Å². The van der Waals surface area contributed by atoms with Crippen molar-refractivity contribution in [1.29, 1.82) is 0 Å². The Hall–Kier alpha value is -2.11. The molecule has 1 atom stereocenters. The third kappa shape index (κ3) is 2.67. The summed E-state index contributed by atoms with van der Waals surface area (Å²) in [5.41, 5.74) is 5.34. The van der Waals surface area contributed by atoms with Crippen molar-refractivity contribution in [3.8, 4) is 0 Å². The fraction of sp³-hybridized carbons (Fsp3) is 0.222. The molecule has 0 aromatic heterocycles. The second-order valence-electron chi connectivity index (χ2n) is 3.05. The van der Waals surface area contributed by atoms with Gasteiger partial charge in [-0.2, -0.15) is 0 Å². The average molecular weight is 209 g/mol. The molecule has 0 spiro atoms. The summed E-state index contributed by atoms with van der Waals surface area (Å²) in [4.78, 5) is 20.8. The molecule has 0 aliphatic carbocycles. The van der Waals surface area contributed by atoms with Gasteiger partial charge in [0, 0.05) is 6.07 Å². The van der Waals surface area contributed by atoms with Gasteiger partial charge in [-0.1, -0.05) is 18.2 Å². The molecule has 0 fully saturated rings. The third-order valence-corrected chi connectivity index (χ3v) is 1.96. The van der Waals surface area contributed by atoms with Crippen molar-refractivity contribution >= 4 is 11.7 Å². The number of hydrogen-bond donors (Lipinski definition) is 2. The number of nitro groups is 1. The number of benzene rings is 1. The highest BCUT2D eigenvalue weighted by atomic mass is 16.6. The number of amides is 2. The van der Waals surface area contributed by atoms with E-state index < -0.39 is 17.0 Å². The van der Waals surface area contributed by atoms with E-state index in [0.717, 1.165) is 0 Å². The second kappa shape index (κ2) is 4.41. The summed E-state index contributed by atoms with van der Waals surface area (Å²) in [6, 6.07) is 5.01. The Morgan fingerprint density at radius 1 is 1.53 bits per heavy atom. The Morgan fingerprint density at radius 3 is 2.67 bits per heavy atom. The molecule has 15 heavy (non-hydrogen) atoms. The van der Waals surface area contributed by atoms with Crippen LogP contribution in [0.4, 0.5) is 10.5 Å². The molecule has 0 bridgehead atoms. The molecule has 0 unspecified atom stereocenters. The number of rotatable bonds is 3. The molecule has 1 aromatic carbocycles.